The number of ether oxygens (including phenoxy) is 2. The third-order valence-electron chi connectivity index (χ3n) is 5.79. The molecule has 1 N–H and O–H groups in total. The fraction of sp³-hybridized carbons (Fsp3) is 0.400. The van der Waals surface area contributed by atoms with Crippen molar-refractivity contribution in [1.82, 2.24) is 10.3 Å². The zero-order valence-corrected chi connectivity index (χ0v) is 18.6. The lowest BCUT2D eigenvalue weighted by molar-refractivity contribution is -0.132. The highest BCUT2D eigenvalue weighted by atomic mass is 16.6. The molecule has 1 atom stereocenters. The van der Waals surface area contributed by atoms with Gasteiger partial charge >= 0.3 is 0 Å². The predicted octanol–water partition coefficient (Wildman–Crippen LogP) is 3.61. The third kappa shape index (κ3) is 5.10. The summed E-state index contributed by atoms with van der Waals surface area (Å²) in [6.45, 7) is 5.36. The van der Waals surface area contributed by atoms with Crippen LogP contribution in [-0.4, -0.2) is 42.3 Å². The lowest BCUT2D eigenvalue weighted by Gasteiger charge is -2.24. The molecule has 2 aliphatic rings. The van der Waals surface area contributed by atoms with Gasteiger partial charge in [0.2, 0.25) is 11.8 Å². The number of carbonyl (C=O) groups excluding carboxylic acids is 2. The Labute approximate surface area is 188 Å². The van der Waals surface area contributed by atoms with E-state index in [1.54, 1.807) is 0 Å². The van der Waals surface area contributed by atoms with Crippen LogP contribution in [0, 0.1) is 0 Å². The van der Waals surface area contributed by atoms with Crippen LogP contribution in [0.2, 0.25) is 0 Å². The van der Waals surface area contributed by atoms with E-state index in [9.17, 15) is 9.59 Å². The second-order valence-electron chi connectivity index (χ2n) is 8.06. The van der Waals surface area contributed by atoms with E-state index in [0.29, 0.717) is 31.8 Å². The number of aryl methyl sites for hydroxylation is 1. The molecule has 7 heteroatoms. The SMILES string of the molecule is CCc1ccc(C2=NN(CCC(=O)N[C@H](C)c3ccc4c(c3)OCCO4)C(=O)CC2)cc1. The van der Waals surface area contributed by atoms with Crippen molar-refractivity contribution in [3.05, 3.63) is 59.2 Å². The Morgan fingerprint density at radius 1 is 1.09 bits per heavy atom. The van der Waals surface area contributed by atoms with Gasteiger partial charge in [0.05, 0.1) is 18.3 Å². The number of hydrogen-bond acceptors (Lipinski definition) is 5. The minimum Gasteiger partial charge on any atom is -0.486 e. The molecule has 2 aromatic carbocycles. The van der Waals surface area contributed by atoms with Gasteiger partial charge < -0.3 is 14.8 Å². The number of amides is 2. The zero-order chi connectivity index (χ0) is 22.5. The van der Waals surface area contributed by atoms with Gasteiger partial charge in [0, 0.05) is 19.3 Å². The van der Waals surface area contributed by atoms with Crippen LogP contribution >= 0.6 is 0 Å². The van der Waals surface area contributed by atoms with E-state index in [4.69, 9.17) is 9.47 Å². The Morgan fingerprint density at radius 3 is 2.59 bits per heavy atom. The Bertz CT molecular complexity index is 1020. The van der Waals surface area contributed by atoms with Gasteiger partial charge in [0.1, 0.15) is 13.2 Å². The van der Waals surface area contributed by atoms with Gasteiger partial charge in [-0.25, -0.2) is 5.01 Å². The molecule has 7 nitrogen and oxygen atoms in total. The summed E-state index contributed by atoms with van der Waals surface area (Å²) in [4.78, 5) is 24.9. The molecule has 0 saturated carbocycles. The van der Waals surface area contributed by atoms with Crippen molar-refractivity contribution < 1.29 is 19.1 Å². The first kappa shape index (κ1) is 21.9. The van der Waals surface area contributed by atoms with Gasteiger partial charge in [0.15, 0.2) is 11.5 Å². The van der Waals surface area contributed by atoms with E-state index in [0.717, 1.165) is 29.0 Å². The highest BCUT2D eigenvalue weighted by Crippen LogP contribution is 2.32. The smallest absolute Gasteiger partial charge is 0.243 e. The van der Waals surface area contributed by atoms with Crippen molar-refractivity contribution in [3.8, 4) is 11.5 Å². The molecule has 32 heavy (non-hydrogen) atoms. The van der Waals surface area contributed by atoms with E-state index in [1.807, 2.05) is 37.3 Å². The number of rotatable bonds is 7. The Kier molecular flexibility index (Phi) is 6.73. The van der Waals surface area contributed by atoms with Crippen molar-refractivity contribution in [2.45, 2.75) is 45.6 Å². The molecule has 0 unspecified atom stereocenters. The first-order valence-corrected chi connectivity index (χ1v) is 11.2. The van der Waals surface area contributed by atoms with Gasteiger partial charge in [-0.1, -0.05) is 37.3 Å². The number of benzene rings is 2. The number of hydrogen-bond donors (Lipinski definition) is 1. The predicted molar refractivity (Wildman–Crippen MR) is 122 cm³/mol. The normalized spacial score (nSPS) is 16.4. The number of nitrogens with zero attached hydrogens (tertiary/aromatic N) is 2. The maximum Gasteiger partial charge on any atom is 0.243 e. The first-order valence-electron chi connectivity index (χ1n) is 11.2. The average Bonchev–Trinajstić information content (AvgIpc) is 2.83. The van der Waals surface area contributed by atoms with E-state index < -0.39 is 0 Å². The fourth-order valence-electron chi connectivity index (χ4n) is 3.85. The fourth-order valence-corrected chi connectivity index (χ4v) is 3.85. The van der Waals surface area contributed by atoms with Crippen molar-refractivity contribution in [2.24, 2.45) is 5.10 Å². The van der Waals surface area contributed by atoms with Crippen LogP contribution in [0.1, 0.15) is 55.8 Å². The largest absolute Gasteiger partial charge is 0.486 e. The lowest BCUT2D eigenvalue weighted by Crippen LogP contribution is -2.36. The number of fused-ring (bicyclic) bond motifs is 1. The molecule has 2 amide bonds. The average molecular weight is 436 g/mol. The molecule has 0 saturated heterocycles. The first-order chi connectivity index (χ1) is 15.5. The monoisotopic (exact) mass is 435 g/mol. The molecule has 0 aliphatic carbocycles. The molecule has 2 aromatic rings. The summed E-state index contributed by atoms with van der Waals surface area (Å²) in [6, 6.07) is 13.8. The standard InChI is InChI=1S/C25H29N3O4/c1-3-18-4-6-19(7-5-18)21-9-11-25(30)28(27-21)13-12-24(29)26-17(2)20-8-10-22-23(16-20)32-15-14-31-22/h4-8,10,16-17H,3,9,11-15H2,1-2H3,(H,26,29)/t17-/m1/s1. The quantitative estimate of drug-likeness (QED) is 0.720. The summed E-state index contributed by atoms with van der Waals surface area (Å²) in [5.74, 6) is 1.24. The number of carbonyl (C=O) groups is 2. The summed E-state index contributed by atoms with van der Waals surface area (Å²) < 4.78 is 11.2. The van der Waals surface area contributed by atoms with Crippen LogP contribution in [-0.2, 0) is 16.0 Å². The maximum absolute atomic E-state index is 12.5. The van der Waals surface area contributed by atoms with Crippen LogP contribution in [0.4, 0.5) is 0 Å². The molecular formula is C25H29N3O4. The Morgan fingerprint density at radius 2 is 1.84 bits per heavy atom. The summed E-state index contributed by atoms with van der Waals surface area (Å²) in [7, 11) is 0. The van der Waals surface area contributed by atoms with E-state index in [-0.39, 0.29) is 30.8 Å². The molecule has 0 spiro atoms. The second-order valence-corrected chi connectivity index (χ2v) is 8.06. The summed E-state index contributed by atoms with van der Waals surface area (Å²) in [6.07, 6.45) is 2.20. The lowest BCUT2D eigenvalue weighted by atomic mass is 10.0. The van der Waals surface area contributed by atoms with Crippen LogP contribution < -0.4 is 14.8 Å². The Hall–Kier alpha value is -3.35. The Balaban J connectivity index is 1.34. The van der Waals surface area contributed by atoms with Crippen LogP contribution in [0.25, 0.3) is 0 Å². The van der Waals surface area contributed by atoms with E-state index in [2.05, 4.69) is 29.5 Å². The van der Waals surface area contributed by atoms with Crippen LogP contribution in [0.15, 0.2) is 47.6 Å². The zero-order valence-electron chi connectivity index (χ0n) is 18.6. The summed E-state index contributed by atoms with van der Waals surface area (Å²) >= 11 is 0. The minimum absolute atomic E-state index is 0.0494. The molecule has 4 rings (SSSR count). The van der Waals surface area contributed by atoms with Crippen LogP contribution in [0.5, 0.6) is 11.5 Å². The molecule has 0 fully saturated rings. The minimum atomic E-state index is -0.188. The van der Waals surface area contributed by atoms with Crippen molar-refractivity contribution in [1.29, 1.82) is 0 Å². The molecule has 0 radical (unpaired) electrons. The van der Waals surface area contributed by atoms with Gasteiger partial charge in [-0.15, -0.1) is 0 Å². The summed E-state index contributed by atoms with van der Waals surface area (Å²) in [5.41, 5.74) is 4.11. The van der Waals surface area contributed by atoms with Crippen molar-refractivity contribution >= 4 is 17.5 Å². The van der Waals surface area contributed by atoms with Crippen molar-refractivity contribution in [3.63, 3.8) is 0 Å². The summed E-state index contributed by atoms with van der Waals surface area (Å²) in [5, 5.41) is 8.96. The van der Waals surface area contributed by atoms with Gasteiger partial charge in [0.25, 0.3) is 0 Å². The highest BCUT2D eigenvalue weighted by Gasteiger charge is 2.22. The van der Waals surface area contributed by atoms with E-state index >= 15 is 0 Å². The second kappa shape index (κ2) is 9.85. The molecule has 2 heterocycles. The van der Waals surface area contributed by atoms with Crippen molar-refractivity contribution in [2.75, 3.05) is 19.8 Å². The highest BCUT2D eigenvalue weighted by molar-refractivity contribution is 6.04. The topological polar surface area (TPSA) is 80.2 Å². The number of hydrazone groups is 1. The molecule has 168 valence electrons. The van der Waals surface area contributed by atoms with E-state index in [1.165, 1.54) is 10.6 Å². The van der Waals surface area contributed by atoms with Gasteiger partial charge in [-0.05, 0) is 42.2 Å². The molecule has 0 bridgehead atoms. The number of nitrogens with one attached hydrogen (secondary N) is 1. The van der Waals surface area contributed by atoms with Crippen LogP contribution in [0.3, 0.4) is 0 Å². The molecular weight excluding hydrogens is 406 g/mol. The third-order valence-corrected chi connectivity index (χ3v) is 5.79. The van der Waals surface area contributed by atoms with Gasteiger partial charge in [-0.2, -0.15) is 5.10 Å². The molecule has 0 aromatic heterocycles. The van der Waals surface area contributed by atoms with Gasteiger partial charge in [-0.3, -0.25) is 9.59 Å². The molecule has 2 aliphatic heterocycles. The maximum atomic E-state index is 12.5.